The highest BCUT2D eigenvalue weighted by Crippen LogP contribution is 2.43. The lowest BCUT2D eigenvalue weighted by Gasteiger charge is -2.25. The normalized spacial score (nSPS) is 14.8. The van der Waals surface area contributed by atoms with Gasteiger partial charge >= 0.3 is 0 Å². The topological polar surface area (TPSA) is 68.5 Å². The maximum atomic E-state index is 11.5. The summed E-state index contributed by atoms with van der Waals surface area (Å²) in [6.07, 6.45) is 9.14. The zero-order valence-corrected chi connectivity index (χ0v) is 15.9. The van der Waals surface area contributed by atoms with Crippen LogP contribution in [0.5, 0.6) is 5.75 Å². The molecule has 1 heterocycles. The molecule has 1 saturated carbocycles. The first-order valence-electron chi connectivity index (χ1n) is 8.79. The van der Waals surface area contributed by atoms with Crippen LogP contribution < -0.4 is 9.64 Å². The summed E-state index contributed by atoms with van der Waals surface area (Å²) in [6, 6.07) is 7.27. The van der Waals surface area contributed by atoms with Crippen molar-refractivity contribution in [2.24, 2.45) is 0 Å². The number of hydrogen-bond donors (Lipinski definition) is 0. The lowest BCUT2D eigenvalue weighted by molar-refractivity contribution is -0.384. The molecule has 3 rings (SSSR count). The van der Waals surface area contributed by atoms with Gasteiger partial charge in [0.25, 0.3) is 5.69 Å². The van der Waals surface area contributed by atoms with Gasteiger partial charge in [-0.25, -0.2) is 0 Å². The average Bonchev–Trinajstić information content (AvgIpc) is 2.64. The number of nitro benzene ring substituents is 1. The first-order chi connectivity index (χ1) is 12.5. The van der Waals surface area contributed by atoms with Gasteiger partial charge in [-0.2, -0.15) is 0 Å². The van der Waals surface area contributed by atoms with Crippen LogP contribution in [-0.2, 0) is 0 Å². The highest BCUT2D eigenvalue weighted by molar-refractivity contribution is 7.99. The predicted molar refractivity (Wildman–Crippen MR) is 103 cm³/mol. The summed E-state index contributed by atoms with van der Waals surface area (Å²) in [5.74, 6) is 0.594. The van der Waals surface area contributed by atoms with Crippen molar-refractivity contribution in [1.29, 1.82) is 0 Å². The first-order valence-corrected chi connectivity index (χ1v) is 9.60. The number of aromatic nitrogens is 1. The minimum atomic E-state index is -0.343. The monoisotopic (exact) mass is 373 g/mol. The Bertz CT molecular complexity index is 762. The Balaban J connectivity index is 1.99. The van der Waals surface area contributed by atoms with Crippen molar-refractivity contribution < 1.29 is 9.66 Å². The molecule has 1 aromatic carbocycles. The van der Waals surface area contributed by atoms with E-state index in [4.69, 9.17) is 4.74 Å². The molecule has 0 atom stereocenters. The molecule has 0 bridgehead atoms. The fourth-order valence-electron chi connectivity index (χ4n) is 3.11. The Morgan fingerprint density at radius 1 is 1.19 bits per heavy atom. The Labute approximate surface area is 157 Å². The number of hydrogen-bond acceptors (Lipinski definition) is 6. The second-order valence-electron chi connectivity index (χ2n) is 6.60. The largest absolute Gasteiger partial charge is 0.489 e. The summed E-state index contributed by atoms with van der Waals surface area (Å²) < 4.78 is 6.22. The summed E-state index contributed by atoms with van der Waals surface area (Å²) in [6.45, 7) is 0. The number of pyridine rings is 1. The van der Waals surface area contributed by atoms with Crippen molar-refractivity contribution in [3.05, 3.63) is 46.8 Å². The quantitative estimate of drug-likeness (QED) is 0.529. The summed E-state index contributed by atoms with van der Waals surface area (Å²) in [5.41, 5.74) is 0.641. The Morgan fingerprint density at radius 2 is 1.88 bits per heavy atom. The van der Waals surface area contributed by atoms with Crippen LogP contribution in [0.25, 0.3) is 0 Å². The van der Waals surface area contributed by atoms with Gasteiger partial charge in [0.15, 0.2) is 0 Å². The molecular formula is C19H23N3O3S. The van der Waals surface area contributed by atoms with Gasteiger partial charge in [-0.3, -0.25) is 15.1 Å². The molecule has 0 amide bonds. The second kappa shape index (κ2) is 8.40. The third kappa shape index (κ3) is 4.46. The molecule has 1 aliphatic carbocycles. The van der Waals surface area contributed by atoms with Gasteiger partial charge in [0, 0.05) is 31.4 Å². The zero-order valence-electron chi connectivity index (χ0n) is 15.1. The van der Waals surface area contributed by atoms with Crippen LogP contribution >= 0.6 is 11.8 Å². The average molecular weight is 373 g/mol. The summed E-state index contributed by atoms with van der Waals surface area (Å²) in [7, 11) is 3.62. The van der Waals surface area contributed by atoms with E-state index in [1.807, 2.05) is 32.3 Å². The van der Waals surface area contributed by atoms with Crippen LogP contribution in [0.2, 0.25) is 0 Å². The van der Waals surface area contributed by atoms with E-state index in [2.05, 4.69) is 4.98 Å². The number of benzene rings is 1. The molecule has 0 radical (unpaired) electrons. The first kappa shape index (κ1) is 18.5. The maximum absolute atomic E-state index is 11.5. The molecule has 0 aliphatic heterocycles. The van der Waals surface area contributed by atoms with Gasteiger partial charge in [-0.15, -0.1) is 0 Å². The van der Waals surface area contributed by atoms with Crippen molar-refractivity contribution in [2.75, 3.05) is 19.0 Å². The fourth-order valence-corrected chi connectivity index (χ4v) is 4.00. The van der Waals surface area contributed by atoms with Crippen molar-refractivity contribution in [1.82, 2.24) is 4.98 Å². The molecule has 0 saturated heterocycles. The van der Waals surface area contributed by atoms with E-state index in [1.165, 1.54) is 6.42 Å². The lowest BCUT2D eigenvalue weighted by Crippen LogP contribution is -2.20. The van der Waals surface area contributed by atoms with E-state index in [0.29, 0.717) is 11.4 Å². The van der Waals surface area contributed by atoms with Crippen molar-refractivity contribution in [2.45, 2.75) is 48.0 Å². The highest BCUT2D eigenvalue weighted by atomic mass is 32.2. The number of nitro groups is 1. The van der Waals surface area contributed by atoms with Crippen LogP contribution in [0.3, 0.4) is 0 Å². The molecule has 138 valence electrons. The van der Waals surface area contributed by atoms with Gasteiger partial charge < -0.3 is 9.64 Å². The molecule has 0 N–H and O–H groups in total. The summed E-state index contributed by atoms with van der Waals surface area (Å²) in [5, 5.41) is 11.5. The van der Waals surface area contributed by atoms with E-state index in [0.717, 1.165) is 35.5 Å². The smallest absolute Gasteiger partial charge is 0.296 e. The number of rotatable bonds is 6. The van der Waals surface area contributed by atoms with Crippen LogP contribution in [0, 0.1) is 10.1 Å². The van der Waals surface area contributed by atoms with E-state index >= 15 is 0 Å². The van der Waals surface area contributed by atoms with Gasteiger partial charge in [-0.05, 0) is 43.9 Å². The zero-order chi connectivity index (χ0) is 18.5. The van der Waals surface area contributed by atoms with Crippen molar-refractivity contribution >= 4 is 23.1 Å². The van der Waals surface area contributed by atoms with Crippen molar-refractivity contribution in [3.63, 3.8) is 0 Å². The third-order valence-corrected chi connectivity index (χ3v) is 5.49. The Kier molecular flexibility index (Phi) is 5.98. The third-order valence-electron chi connectivity index (χ3n) is 4.44. The number of anilines is 1. The van der Waals surface area contributed by atoms with Gasteiger partial charge in [0.1, 0.15) is 11.4 Å². The Hall–Kier alpha value is -2.28. The molecule has 2 aromatic rings. The van der Waals surface area contributed by atoms with E-state index in [9.17, 15) is 10.1 Å². The van der Waals surface area contributed by atoms with Crippen LogP contribution in [0.4, 0.5) is 11.4 Å². The van der Waals surface area contributed by atoms with Crippen LogP contribution in [-0.4, -0.2) is 30.1 Å². The number of ether oxygens (including phenoxy) is 1. The molecule has 1 aliphatic rings. The molecule has 0 spiro atoms. The molecule has 6 nitrogen and oxygen atoms in total. The van der Waals surface area contributed by atoms with Crippen molar-refractivity contribution in [3.8, 4) is 5.75 Å². The fraction of sp³-hybridized carbons (Fsp3) is 0.421. The summed E-state index contributed by atoms with van der Waals surface area (Å²) in [4.78, 5) is 18.9. The summed E-state index contributed by atoms with van der Waals surface area (Å²) >= 11 is 1.54. The standard InChI is InChI=1S/C19H23N3O3S/c1-21(2)16-13-19(26-15-8-10-20-11-9-15)18(12-17(16)22(23)24)25-14-6-4-3-5-7-14/h8-14H,3-7H2,1-2H3. The van der Waals surface area contributed by atoms with E-state index in [-0.39, 0.29) is 16.7 Å². The van der Waals surface area contributed by atoms with Crippen LogP contribution in [0.15, 0.2) is 46.5 Å². The van der Waals surface area contributed by atoms with Gasteiger partial charge in [0.05, 0.1) is 22.0 Å². The Morgan fingerprint density at radius 3 is 2.50 bits per heavy atom. The van der Waals surface area contributed by atoms with Crippen LogP contribution in [0.1, 0.15) is 32.1 Å². The predicted octanol–water partition coefficient (Wildman–Crippen LogP) is 4.92. The molecule has 26 heavy (non-hydrogen) atoms. The van der Waals surface area contributed by atoms with Gasteiger partial charge in [0.2, 0.25) is 0 Å². The number of nitrogens with zero attached hydrogens (tertiary/aromatic N) is 3. The molecule has 1 aromatic heterocycles. The molecule has 1 fully saturated rings. The second-order valence-corrected chi connectivity index (χ2v) is 7.72. The highest BCUT2D eigenvalue weighted by Gasteiger charge is 2.24. The van der Waals surface area contributed by atoms with E-state index < -0.39 is 0 Å². The minimum Gasteiger partial charge on any atom is -0.489 e. The molecular weight excluding hydrogens is 350 g/mol. The SMILES string of the molecule is CN(C)c1cc(Sc2ccncc2)c(OC2CCCCC2)cc1[N+](=O)[O-]. The van der Waals surface area contributed by atoms with Gasteiger partial charge in [-0.1, -0.05) is 18.2 Å². The molecule has 0 unspecified atom stereocenters. The minimum absolute atomic E-state index is 0.0693. The maximum Gasteiger partial charge on any atom is 0.296 e. The van der Waals surface area contributed by atoms with E-state index in [1.54, 1.807) is 35.1 Å². The lowest BCUT2D eigenvalue weighted by atomic mass is 9.98. The molecule has 7 heteroatoms.